The number of phenolic OH excluding ortho intramolecular Hbond substituents is 1. The first kappa shape index (κ1) is 12.2. The van der Waals surface area contributed by atoms with E-state index in [1.807, 2.05) is 6.92 Å². The second kappa shape index (κ2) is 4.91. The zero-order valence-electron chi connectivity index (χ0n) is 10.2. The lowest BCUT2D eigenvalue weighted by Crippen LogP contribution is -2.23. The summed E-state index contributed by atoms with van der Waals surface area (Å²) in [5.74, 6) is 0.453. The van der Waals surface area contributed by atoms with Crippen molar-refractivity contribution in [1.29, 1.82) is 0 Å². The van der Waals surface area contributed by atoms with E-state index in [2.05, 4.69) is 10.5 Å². The maximum atomic E-state index is 11.9. The van der Waals surface area contributed by atoms with E-state index in [9.17, 15) is 9.90 Å². The number of hydrogen-bond acceptors (Lipinski definition) is 4. The number of amides is 1. The average Bonchev–Trinajstić information content (AvgIpc) is 2.76. The van der Waals surface area contributed by atoms with Crippen LogP contribution in [-0.2, 0) is 6.54 Å². The van der Waals surface area contributed by atoms with E-state index in [0.29, 0.717) is 16.9 Å². The summed E-state index contributed by atoms with van der Waals surface area (Å²) in [6.45, 7) is 3.78. The van der Waals surface area contributed by atoms with Crippen molar-refractivity contribution >= 4 is 5.91 Å². The van der Waals surface area contributed by atoms with Crippen molar-refractivity contribution in [2.75, 3.05) is 0 Å². The van der Waals surface area contributed by atoms with Crippen LogP contribution >= 0.6 is 0 Å². The van der Waals surface area contributed by atoms with Crippen LogP contribution in [0, 0.1) is 13.8 Å². The Hall–Kier alpha value is -2.30. The first-order valence-electron chi connectivity index (χ1n) is 5.57. The quantitative estimate of drug-likeness (QED) is 0.867. The highest BCUT2D eigenvalue weighted by atomic mass is 16.5. The van der Waals surface area contributed by atoms with Crippen LogP contribution in [0.3, 0.4) is 0 Å². The molecule has 18 heavy (non-hydrogen) atoms. The second-order valence-electron chi connectivity index (χ2n) is 4.07. The summed E-state index contributed by atoms with van der Waals surface area (Å²) in [6, 6.07) is 6.60. The van der Waals surface area contributed by atoms with Gasteiger partial charge in [0.05, 0.1) is 12.2 Å². The Labute approximate surface area is 104 Å². The van der Waals surface area contributed by atoms with Gasteiger partial charge in [0.15, 0.2) is 5.76 Å². The molecule has 1 amide bonds. The largest absolute Gasteiger partial charge is 0.508 e. The standard InChI is InChI=1S/C13H14N2O3/c1-8-6-10(18-15-8)7-14-13(17)11-4-3-5-12(16)9(11)2/h3-6,16H,7H2,1-2H3,(H,14,17). The molecule has 1 aromatic heterocycles. The molecule has 2 rings (SSSR count). The lowest BCUT2D eigenvalue weighted by atomic mass is 10.1. The molecule has 0 saturated heterocycles. The van der Waals surface area contributed by atoms with Crippen LogP contribution in [0.1, 0.15) is 27.4 Å². The summed E-state index contributed by atoms with van der Waals surface area (Å²) in [6.07, 6.45) is 0. The topological polar surface area (TPSA) is 75.4 Å². The van der Waals surface area contributed by atoms with Crippen LogP contribution in [0.15, 0.2) is 28.8 Å². The second-order valence-corrected chi connectivity index (χ2v) is 4.07. The van der Waals surface area contributed by atoms with Crippen LogP contribution in [0.4, 0.5) is 0 Å². The molecule has 0 bridgehead atoms. The minimum absolute atomic E-state index is 0.109. The molecule has 1 aromatic carbocycles. The van der Waals surface area contributed by atoms with Gasteiger partial charge in [0, 0.05) is 17.2 Å². The fourth-order valence-corrected chi connectivity index (χ4v) is 1.63. The highest BCUT2D eigenvalue weighted by Gasteiger charge is 2.11. The van der Waals surface area contributed by atoms with Crippen molar-refractivity contribution < 1.29 is 14.4 Å². The van der Waals surface area contributed by atoms with Gasteiger partial charge in [0.25, 0.3) is 5.91 Å². The highest BCUT2D eigenvalue weighted by molar-refractivity contribution is 5.96. The van der Waals surface area contributed by atoms with Crippen molar-refractivity contribution in [2.24, 2.45) is 0 Å². The molecular formula is C13H14N2O3. The Morgan fingerprint density at radius 2 is 2.22 bits per heavy atom. The molecular weight excluding hydrogens is 232 g/mol. The molecule has 0 unspecified atom stereocenters. The summed E-state index contributed by atoms with van der Waals surface area (Å²) in [5, 5.41) is 16.0. The van der Waals surface area contributed by atoms with Gasteiger partial charge in [-0.25, -0.2) is 0 Å². The van der Waals surface area contributed by atoms with Crippen molar-refractivity contribution in [3.05, 3.63) is 46.8 Å². The number of phenols is 1. The van der Waals surface area contributed by atoms with Gasteiger partial charge in [-0.2, -0.15) is 0 Å². The van der Waals surface area contributed by atoms with Gasteiger partial charge in [-0.05, 0) is 26.0 Å². The third-order valence-corrected chi connectivity index (χ3v) is 2.65. The van der Waals surface area contributed by atoms with Crippen LogP contribution in [0.5, 0.6) is 5.75 Å². The molecule has 0 aliphatic heterocycles. The van der Waals surface area contributed by atoms with Gasteiger partial charge >= 0.3 is 0 Å². The van der Waals surface area contributed by atoms with Gasteiger partial charge in [-0.1, -0.05) is 11.2 Å². The normalized spacial score (nSPS) is 10.3. The third-order valence-electron chi connectivity index (χ3n) is 2.65. The highest BCUT2D eigenvalue weighted by Crippen LogP contribution is 2.19. The number of aryl methyl sites for hydroxylation is 1. The Morgan fingerprint density at radius 3 is 2.89 bits per heavy atom. The number of carbonyl (C=O) groups is 1. The average molecular weight is 246 g/mol. The van der Waals surface area contributed by atoms with Gasteiger partial charge in [0.1, 0.15) is 5.75 Å². The van der Waals surface area contributed by atoms with Crippen molar-refractivity contribution in [1.82, 2.24) is 10.5 Å². The molecule has 0 aliphatic rings. The molecule has 0 radical (unpaired) electrons. The van der Waals surface area contributed by atoms with E-state index in [-0.39, 0.29) is 18.2 Å². The number of rotatable bonds is 3. The molecule has 0 saturated carbocycles. The Morgan fingerprint density at radius 1 is 1.44 bits per heavy atom. The molecule has 0 spiro atoms. The molecule has 0 atom stereocenters. The fraction of sp³-hybridized carbons (Fsp3) is 0.231. The maximum absolute atomic E-state index is 11.9. The van der Waals surface area contributed by atoms with Crippen molar-refractivity contribution in [3.63, 3.8) is 0 Å². The molecule has 2 aromatic rings. The predicted octanol–water partition coefficient (Wildman–Crippen LogP) is 1.93. The monoisotopic (exact) mass is 246 g/mol. The Bertz CT molecular complexity index is 575. The Balaban J connectivity index is 2.06. The molecule has 94 valence electrons. The van der Waals surface area contributed by atoms with Gasteiger partial charge in [-0.3, -0.25) is 4.79 Å². The van der Waals surface area contributed by atoms with Crippen molar-refractivity contribution in [2.45, 2.75) is 20.4 Å². The minimum Gasteiger partial charge on any atom is -0.508 e. The number of aromatic nitrogens is 1. The number of aromatic hydroxyl groups is 1. The van der Waals surface area contributed by atoms with Crippen molar-refractivity contribution in [3.8, 4) is 5.75 Å². The molecule has 5 heteroatoms. The Kier molecular flexibility index (Phi) is 3.32. The first-order chi connectivity index (χ1) is 8.58. The first-order valence-corrected chi connectivity index (χ1v) is 5.57. The lowest BCUT2D eigenvalue weighted by molar-refractivity contribution is 0.0946. The van der Waals surface area contributed by atoms with Gasteiger partial charge in [-0.15, -0.1) is 0 Å². The summed E-state index contributed by atoms with van der Waals surface area (Å²) in [5.41, 5.74) is 1.78. The van der Waals surface area contributed by atoms with E-state index >= 15 is 0 Å². The smallest absolute Gasteiger partial charge is 0.252 e. The molecule has 0 aliphatic carbocycles. The van der Waals surface area contributed by atoms with E-state index in [4.69, 9.17) is 4.52 Å². The summed E-state index contributed by atoms with van der Waals surface area (Å²) in [4.78, 5) is 11.9. The zero-order valence-corrected chi connectivity index (χ0v) is 10.2. The van der Waals surface area contributed by atoms with E-state index in [1.54, 1.807) is 31.2 Å². The van der Waals surface area contributed by atoms with Gasteiger partial charge in [0.2, 0.25) is 0 Å². The van der Waals surface area contributed by atoms with Crippen LogP contribution in [0.2, 0.25) is 0 Å². The maximum Gasteiger partial charge on any atom is 0.252 e. The molecule has 1 heterocycles. The zero-order chi connectivity index (χ0) is 13.1. The van der Waals surface area contributed by atoms with E-state index in [1.165, 1.54) is 0 Å². The van der Waals surface area contributed by atoms with E-state index in [0.717, 1.165) is 5.69 Å². The summed E-state index contributed by atoms with van der Waals surface area (Å²) >= 11 is 0. The molecule has 0 fully saturated rings. The van der Waals surface area contributed by atoms with Crippen LogP contribution in [0.25, 0.3) is 0 Å². The number of nitrogens with zero attached hydrogens (tertiary/aromatic N) is 1. The van der Waals surface area contributed by atoms with Crippen LogP contribution < -0.4 is 5.32 Å². The molecule has 5 nitrogen and oxygen atoms in total. The van der Waals surface area contributed by atoms with Crippen LogP contribution in [-0.4, -0.2) is 16.2 Å². The number of nitrogens with one attached hydrogen (secondary N) is 1. The fourth-order valence-electron chi connectivity index (χ4n) is 1.63. The van der Waals surface area contributed by atoms with Gasteiger partial charge < -0.3 is 14.9 Å². The summed E-state index contributed by atoms with van der Waals surface area (Å²) < 4.78 is 4.99. The minimum atomic E-state index is -0.252. The third kappa shape index (κ3) is 2.51. The number of hydrogen-bond donors (Lipinski definition) is 2. The predicted molar refractivity (Wildman–Crippen MR) is 65.3 cm³/mol. The molecule has 2 N–H and O–H groups in total. The SMILES string of the molecule is Cc1cc(CNC(=O)c2cccc(O)c2C)on1. The summed E-state index contributed by atoms with van der Waals surface area (Å²) in [7, 11) is 0. The van der Waals surface area contributed by atoms with E-state index < -0.39 is 0 Å². The number of carbonyl (C=O) groups excluding carboxylic acids is 1. The lowest BCUT2D eigenvalue weighted by Gasteiger charge is -2.07. The number of benzene rings is 1.